The second-order valence-electron chi connectivity index (χ2n) is 5.45. The molecular formula is C17H18N2O2. The lowest BCUT2D eigenvalue weighted by Crippen LogP contribution is -2.17. The summed E-state index contributed by atoms with van der Waals surface area (Å²) in [5.74, 6) is 1.02. The van der Waals surface area contributed by atoms with Crippen molar-refractivity contribution < 1.29 is 9.21 Å². The SMILES string of the molecule is Cc1ccc(NC2=CC(c3ccco3)CC(=O)C2)c(N)c1. The van der Waals surface area contributed by atoms with Crippen LogP contribution >= 0.6 is 0 Å². The number of aryl methyl sites for hydroxylation is 1. The summed E-state index contributed by atoms with van der Waals surface area (Å²) >= 11 is 0. The Hall–Kier alpha value is -2.49. The first kappa shape index (κ1) is 13.5. The second-order valence-corrected chi connectivity index (χ2v) is 5.45. The highest BCUT2D eigenvalue weighted by atomic mass is 16.3. The van der Waals surface area contributed by atoms with Gasteiger partial charge in [-0.2, -0.15) is 0 Å². The van der Waals surface area contributed by atoms with Crippen molar-refractivity contribution in [3.05, 3.63) is 59.7 Å². The minimum Gasteiger partial charge on any atom is -0.469 e. The number of hydrogen-bond acceptors (Lipinski definition) is 4. The monoisotopic (exact) mass is 282 g/mol. The van der Waals surface area contributed by atoms with Gasteiger partial charge in [-0.05, 0) is 36.8 Å². The van der Waals surface area contributed by atoms with Crippen molar-refractivity contribution in [3.63, 3.8) is 0 Å². The Balaban J connectivity index is 1.85. The van der Waals surface area contributed by atoms with Crippen LogP contribution in [0.3, 0.4) is 0 Å². The van der Waals surface area contributed by atoms with E-state index in [0.717, 1.165) is 22.7 Å². The summed E-state index contributed by atoms with van der Waals surface area (Å²) < 4.78 is 5.41. The Labute approximate surface area is 123 Å². The zero-order chi connectivity index (χ0) is 14.8. The number of nitrogens with one attached hydrogen (secondary N) is 1. The van der Waals surface area contributed by atoms with Gasteiger partial charge in [0, 0.05) is 24.5 Å². The molecule has 1 unspecified atom stereocenters. The molecule has 2 aromatic rings. The zero-order valence-corrected chi connectivity index (χ0v) is 11.9. The van der Waals surface area contributed by atoms with Crippen LogP contribution in [0, 0.1) is 6.92 Å². The van der Waals surface area contributed by atoms with E-state index in [1.54, 1.807) is 6.26 Å². The Kier molecular flexibility index (Phi) is 3.52. The van der Waals surface area contributed by atoms with Crippen LogP contribution in [0.1, 0.15) is 30.1 Å². The van der Waals surface area contributed by atoms with Gasteiger partial charge >= 0.3 is 0 Å². The molecule has 0 amide bonds. The summed E-state index contributed by atoms with van der Waals surface area (Å²) in [6.45, 7) is 2.00. The van der Waals surface area contributed by atoms with Crippen molar-refractivity contribution >= 4 is 17.2 Å². The molecule has 1 aliphatic rings. The average Bonchev–Trinajstić information content (AvgIpc) is 2.95. The third-order valence-electron chi connectivity index (χ3n) is 3.65. The highest BCUT2D eigenvalue weighted by molar-refractivity contribution is 5.85. The van der Waals surface area contributed by atoms with E-state index in [0.29, 0.717) is 18.5 Å². The van der Waals surface area contributed by atoms with Gasteiger partial charge in [0.1, 0.15) is 11.5 Å². The highest BCUT2D eigenvalue weighted by Crippen LogP contribution is 2.31. The first-order valence-corrected chi connectivity index (χ1v) is 7.01. The summed E-state index contributed by atoms with van der Waals surface area (Å²) in [7, 11) is 0. The van der Waals surface area contributed by atoms with Crippen LogP contribution in [0.5, 0.6) is 0 Å². The zero-order valence-electron chi connectivity index (χ0n) is 11.9. The molecule has 108 valence electrons. The van der Waals surface area contributed by atoms with Gasteiger partial charge in [0.15, 0.2) is 0 Å². The van der Waals surface area contributed by atoms with Crippen molar-refractivity contribution in [2.45, 2.75) is 25.7 Å². The third kappa shape index (κ3) is 2.99. The molecule has 0 radical (unpaired) electrons. The van der Waals surface area contributed by atoms with Gasteiger partial charge in [-0.1, -0.05) is 12.1 Å². The Morgan fingerprint density at radius 3 is 2.90 bits per heavy atom. The molecule has 1 aromatic heterocycles. The Morgan fingerprint density at radius 1 is 1.33 bits per heavy atom. The third-order valence-corrected chi connectivity index (χ3v) is 3.65. The maximum atomic E-state index is 12.0. The predicted molar refractivity (Wildman–Crippen MR) is 83.0 cm³/mol. The van der Waals surface area contributed by atoms with E-state index in [9.17, 15) is 4.79 Å². The quantitative estimate of drug-likeness (QED) is 0.844. The number of ketones is 1. The average molecular weight is 282 g/mol. The molecule has 4 heteroatoms. The maximum Gasteiger partial charge on any atom is 0.139 e. The molecular weight excluding hydrogens is 264 g/mol. The number of carbonyl (C=O) groups excluding carboxylic acids is 1. The number of nitrogen functional groups attached to an aromatic ring is 1. The van der Waals surface area contributed by atoms with Crippen LogP contribution in [0.4, 0.5) is 11.4 Å². The van der Waals surface area contributed by atoms with Gasteiger partial charge in [0.25, 0.3) is 0 Å². The predicted octanol–water partition coefficient (Wildman–Crippen LogP) is 3.61. The molecule has 1 heterocycles. The molecule has 0 saturated heterocycles. The number of furan rings is 1. The van der Waals surface area contributed by atoms with E-state index in [1.807, 2.05) is 37.3 Å². The largest absolute Gasteiger partial charge is 0.469 e. The molecule has 1 atom stereocenters. The van der Waals surface area contributed by atoms with Gasteiger partial charge in [0.05, 0.1) is 17.6 Å². The van der Waals surface area contributed by atoms with Gasteiger partial charge in [-0.25, -0.2) is 0 Å². The Morgan fingerprint density at radius 2 is 2.19 bits per heavy atom. The van der Waals surface area contributed by atoms with Crippen molar-refractivity contribution in [3.8, 4) is 0 Å². The number of nitrogens with two attached hydrogens (primary N) is 1. The van der Waals surface area contributed by atoms with Crippen LogP contribution in [-0.2, 0) is 4.79 Å². The van der Waals surface area contributed by atoms with Crippen LogP contribution in [-0.4, -0.2) is 5.78 Å². The van der Waals surface area contributed by atoms with Crippen molar-refractivity contribution in [2.24, 2.45) is 0 Å². The normalized spacial score (nSPS) is 18.4. The molecule has 1 aromatic carbocycles. The smallest absolute Gasteiger partial charge is 0.139 e. The molecule has 0 aliphatic heterocycles. The number of carbonyl (C=O) groups is 1. The first-order valence-electron chi connectivity index (χ1n) is 7.01. The van der Waals surface area contributed by atoms with Gasteiger partial charge in [0.2, 0.25) is 0 Å². The standard InChI is InChI=1S/C17H18N2O2/c1-11-4-5-16(15(18)7-11)19-13-8-12(9-14(20)10-13)17-3-2-6-21-17/h2-8,12,19H,9-10,18H2,1H3. The number of rotatable bonds is 3. The van der Waals surface area contributed by atoms with Crippen LogP contribution < -0.4 is 11.1 Å². The fourth-order valence-corrected chi connectivity index (χ4v) is 2.63. The van der Waals surface area contributed by atoms with Gasteiger partial charge in [-0.15, -0.1) is 0 Å². The molecule has 0 saturated carbocycles. The molecule has 0 spiro atoms. The second kappa shape index (κ2) is 5.48. The van der Waals surface area contributed by atoms with E-state index in [-0.39, 0.29) is 11.7 Å². The van der Waals surface area contributed by atoms with Crippen LogP contribution in [0.2, 0.25) is 0 Å². The van der Waals surface area contributed by atoms with Crippen molar-refractivity contribution in [1.82, 2.24) is 0 Å². The number of hydrogen-bond donors (Lipinski definition) is 2. The minimum absolute atomic E-state index is 0.00424. The molecule has 0 fully saturated rings. The topological polar surface area (TPSA) is 68.3 Å². The van der Waals surface area contributed by atoms with Gasteiger partial charge in [-0.3, -0.25) is 4.79 Å². The van der Waals surface area contributed by atoms with Crippen molar-refractivity contribution in [1.29, 1.82) is 0 Å². The maximum absolute atomic E-state index is 12.0. The van der Waals surface area contributed by atoms with E-state index in [1.165, 1.54) is 0 Å². The highest BCUT2D eigenvalue weighted by Gasteiger charge is 2.23. The summed E-state index contributed by atoms with van der Waals surface area (Å²) in [5, 5.41) is 3.27. The first-order chi connectivity index (χ1) is 10.1. The molecule has 3 N–H and O–H groups in total. The van der Waals surface area contributed by atoms with E-state index < -0.39 is 0 Å². The molecule has 1 aliphatic carbocycles. The lowest BCUT2D eigenvalue weighted by Gasteiger charge is -2.21. The fraction of sp³-hybridized carbons (Fsp3) is 0.235. The van der Waals surface area contributed by atoms with Gasteiger partial charge < -0.3 is 15.5 Å². The number of Topliss-reactive ketones (excluding diaryl/α,β-unsaturated/α-hetero) is 1. The number of benzene rings is 1. The molecule has 4 nitrogen and oxygen atoms in total. The summed E-state index contributed by atoms with van der Waals surface area (Å²) in [4.78, 5) is 12.0. The number of allylic oxidation sites excluding steroid dienone is 2. The molecule has 0 bridgehead atoms. The van der Waals surface area contributed by atoms with E-state index >= 15 is 0 Å². The van der Waals surface area contributed by atoms with Crippen molar-refractivity contribution in [2.75, 3.05) is 11.1 Å². The van der Waals surface area contributed by atoms with E-state index in [2.05, 4.69) is 11.4 Å². The molecule has 21 heavy (non-hydrogen) atoms. The lowest BCUT2D eigenvalue weighted by molar-refractivity contribution is -0.119. The van der Waals surface area contributed by atoms with E-state index in [4.69, 9.17) is 10.2 Å². The molecule has 3 rings (SSSR count). The Bertz CT molecular complexity index is 687. The summed E-state index contributed by atoms with van der Waals surface area (Å²) in [6, 6.07) is 9.59. The minimum atomic E-state index is -0.00424. The summed E-state index contributed by atoms with van der Waals surface area (Å²) in [6.07, 6.45) is 4.58. The van der Waals surface area contributed by atoms with Crippen LogP contribution in [0.15, 0.2) is 52.8 Å². The fourth-order valence-electron chi connectivity index (χ4n) is 2.63. The lowest BCUT2D eigenvalue weighted by atomic mass is 9.90. The summed E-state index contributed by atoms with van der Waals surface area (Å²) in [5.41, 5.74) is 9.52. The number of anilines is 2. The van der Waals surface area contributed by atoms with Crippen LogP contribution in [0.25, 0.3) is 0 Å².